The lowest BCUT2D eigenvalue weighted by molar-refractivity contribution is -0.121. The van der Waals surface area contributed by atoms with E-state index in [1.807, 2.05) is 0 Å². The number of hydrazone groups is 1. The summed E-state index contributed by atoms with van der Waals surface area (Å²) in [4.78, 5) is 24.4. The molecule has 0 aliphatic heterocycles. The molecule has 0 fully saturated rings. The summed E-state index contributed by atoms with van der Waals surface area (Å²) in [5, 5.41) is 4.04. The van der Waals surface area contributed by atoms with Crippen LogP contribution in [0.15, 0.2) is 53.6 Å². The third-order valence-electron chi connectivity index (χ3n) is 6.36. The van der Waals surface area contributed by atoms with Crippen LogP contribution in [0.4, 0.5) is 0 Å². The number of benzene rings is 2. The smallest absolute Gasteiger partial charge is 0.343 e. The Hall–Kier alpha value is -3.15. The molecular formula is C32H46N2O4. The maximum Gasteiger partial charge on any atom is 0.343 e. The van der Waals surface area contributed by atoms with Crippen LogP contribution in [0.1, 0.15) is 120 Å². The number of carbonyl (C=O) groups is 2. The van der Waals surface area contributed by atoms with E-state index in [4.69, 9.17) is 9.47 Å². The Bertz CT molecular complexity index is 939. The third kappa shape index (κ3) is 14.0. The van der Waals surface area contributed by atoms with Crippen molar-refractivity contribution in [1.29, 1.82) is 0 Å². The minimum absolute atomic E-state index is 0.0653. The van der Waals surface area contributed by atoms with Crippen molar-refractivity contribution in [3.05, 3.63) is 59.7 Å². The van der Waals surface area contributed by atoms with Gasteiger partial charge in [-0.05, 0) is 66.9 Å². The fraction of sp³-hybridized carbons (Fsp3) is 0.531. The molecule has 2 aromatic rings. The number of esters is 1. The highest BCUT2D eigenvalue weighted by Gasteiger charge is 2.09. The predicted molar refractivity (Wildman–Crippen MR) is 155 cm³/mol. The van der Waals surface area contributed by atoms with Gasteiger partial charge in [0.05, 0.1) is 18.4 Å². The number of ether oxygens (including phenoxy) is 2. The molecule has 1 N–H and O–H groups in total. The standard InChI is InChI=1S/C32H46N2O4/c1-3-5-7-8-9-10-11-12-13-14-15-16-31(35)34-33-26-27-17-21-30(22-18-27)38-32(36)28-19-23-29(24-20-28)37-25-6-4-2/h17-24,26H,3-16,25H2,1-2H3,(H,34,35)/b33-26-. The van der Waals surface area contributed by atoms with Gasteiger partial charge < -0.3 is 9.47 Å². The summed E-state index contributed by atoms with van der Waals surface area (Å²) < 4.78 is 11.1. The van der Waals surface area contributed by atoms with Gasteiger partial charge in [-0.3, -0.25) is 4.79 Å². The second kappa shape index (κ2) is 19.9. The monoisotopic (exact) mass is 522 g/mol. The molecule has 1 amide bonds. The number of amides is 1. The van der Waals surface area contributed by atoms with E-state index in [1.54, 1.807) is 54.7 Å². The first kappa shape index (κ1) is 31.1. The Balaban J connectivity index is 1.58. The Morgan fingerprint density at radius 3 is 1.87 bits per heavy atom. The van der Waals surface area contributed by atoms with Crippen molar-refractivity contribution in [2.75, 3.05) is 6.61 Å². The first-order valence-corrected chi connectivity index (χ1v) is 14.5. The maximum absolute atomic E-state index is 12.4. The molecule has 0 unspecified atom stereocenters. The van der Waals surface area contributed by atoms with E-state index < -0.39 is 5.97 Å². The Morgan fingerprint density at radius 2 is 1.26 bits per heavy atom. The lowest BCUT2D eigenvalue weighted by atomic mass is 10.1. The van der Waals surface area contributed by atoms with Crippen LogP contribution in [0, 0.1) is 0 Å². The van der Waals surface area contributed by atoms with Crippen molar-refractivity contribution in [3.63, 3.8) is 0 Å². The Labute approximate surface area is 229 Å². The third-order valence-corrected chi connectivity index (χ3v) is 6.36. The summed E-state index contributed by atoms with van der Waals surface area (Å²) in [6.07, 6.45) is 18.0. The van der Waals surface area contributed by atoms with Gasteiger partial charge in [-0.2, -0.15) is 5.10 Å². The van der Waals surface area contributed by atoms with E-state index in [2.05, 4.69) is 24.4 Å². The molecule has 0 heterocycles. The van der Waals surface area contributed by atoms with Gasteiger partial charge in [0.1, 0.15) is 11.5 Å². The average molecular weight is 523 g/mol. The summed E-state index contributed by atoms with van der Waals surface area (Å²) in [5.41, 5.74) is 3.85. The quantitative estimate of drug-likeness (QED) is 0.0624. The number of nitrogens with zero attached hydrogens (tertiary/aromatic N) is 1. The minimum atomic E-state index is -0.429. The molecule has 0 saturated carbocycles. The molecule has 0 aliphatic rings. The fourth-order valence-electron chi connectivity index (χ4n) is 3.99. The van der Waals surface area contributed by atoms with Gasteiger partial charge >= 0.3 is 5.97 Å². The van der Waals surface area contributed by atoms with Crippen molar-refractivity contribution < 1.29 is 19.1 Å². The molecule has 0 spiro atoms. The van der Waals surface area contributed by atoms with Crippen molar-refractivity contribution in [2.24, 2.45) is 5.10 Å². The van der Waals surface area contributed by atoms with E-state index in [1.165, 1.54) is 57.8 Å². The number of unbranched alkanes of at least 4 members (excludes halogenated alkanes) is 11. The Kier molecular flexibility index (Phi) is 16.3. The van der Waals surface area contributed by atoms with Gasteiger partial charge in [-0.25, -0.2) is 10.2 Å². The summed E-state index contributed by atoms with van der Waals surface area (Å²) in [7, 11) is 0. The molecule has 2 rings (SSSR count). The predicted octanol–water partition coefficient (Wildman–Crippen LogP) is 8.24. The molecule has 38 heavy (non-hydrogen) atoms. The zero-order valence-corrected chi connectivity index (χ0v) is 23.4. The van der Waals surface area contributed by atoms with E-state index in [9.17, 15) is 9.59 Å². The zero-order chi connectivity index (χ0) is 27.3. The molecule has 0 aromatic heterocycles. The first-order chi connectivity index (χ1) is 18.6. The maximum atomic E-state index is 12.4. The van der Waals surface area contributed by atoms with Crippen LogP contribution < -0.4 is 14.9 Å². The number of rotatable bonds is 20. The van der Waals surface area contributed by atoms with Crippen LogP contribution in [-0.4, -0.2) is 24.7 Å². The average Bonchev–Trinajstić information content (AvgIpc) is 2.93. The van der Waals surface area contributed by atoms with Crippen LogP contribution in [0.2, 0.25) is 0 Å². The highest BCUT2D eigenvalue weighted by Crippen LogP contribution is 2.17. The number of hydrogen-bond acceptors (Lipinski definition) is 5. The van der Waals surface area contributed by atoms with Crippen molar-refractivity contribution in [1.82, 2.24) is 5.43 Å². The number of carbonyl (C=O) groups excluding carboxylic acids is 2. The molecule has 0 radical (unpaired) electrons. The molecule has 0 bridgehead atoms. The van der Waals surface area contributed by atoms with Crippen LogP contribution in [0.3, 0.4) is 0 Å². The molecule has 2 aromatic carbocycles. The van der Waals surface area contributed by atoms with Gasteiger partial charge in [0.25, 0.3) is 0 Å². The molecule has 6 heteroatoms. The fourth-order valence-corrected chi connectivity index (χ4v) is 3.99. The largest absolute Gasteiger partial charge is 0.494 e. The van der Waals surface area contributed by atoms with Crippen molar-refractivity contribution >= 4 is 18.1 Å². The second-order valence-electron chi connectivity index (χ2n) is 9.76. The van der Waals surface area contributed by atoms with Gasteiger partial charge in [0.15, 0.2) is 0 Å². The molecule has 208 valence electrons. The van der Waals surface area contributed by atoms with E-state index >= 15 is 0 Å². The van der Waals surface area contributed by atoms with Crippen LogP contribution in [0.25, 0.3) is 0 Å². The van der Waals surface area contributed by atoms with Gasteiger partial charge in [-0.1, -0.05) is 84.5 Å². The van der Waals surface area contributed by atoms with Gasteiger partial charge in [0, 0.05) is 6.42 Å². The topological polar surface area (TPSA) is 77.0 Å². The highest BCUT2D eigenvalue weighted by molar-refractivity contribution is 5.91. The molecule has 0 atom stereocenters. The molecule has 6 nitrogen and oxygen atoms in total. The number of nitrogens with one attached hydrogen (secondary N) is 1. The minimum Gasteiger partial charge on any atom is -0.494 e. The van der Waals surface area contributed by atoms with E-state index in [0.29, 0.717) is 24.3 Å². The summed E-state index contributed by atoms with van der Waals surface area (Å²) in [6.45, 7) is 5.03. The summed E-state index contributed by atoms with van der Waals surface area (Å²) in [5.74, 6) is 0.686. The summed E-state index contributed by atoms with van der Waals surface area (Å²) in [6, 6.07) is 13.9. The molecular weight excluding hydrogens is 476 g/mol. The van der Waals surface area contributed by atoms with Crippen molar-refractivity contribution in [2.45, 2.75) is 104 Å². The van der Waals surface area contributed by atoms with Gasteiger partial charge in [-0.15, -0.1) is 0 Å². The second-order valence-corrected chi connectivity index (χ2v) is 9.76. The lowest BCUT2D eigenvalue weighted by Crippen LogP contribution is -2.16. The van der Waals surface area contributed by atoms with Crippen molar-refractivity contribution in [3.8, 4) is 11.5 Å². The highest BCUT2D eigenvalue weighted by atomic mass is 16.5. The van der Waals surface area contributed by atoms with Gasteiger partial charge in [0.2, 0.25) is 5.91 Å². The molecule has 0 aliphatic carbocycles. The SMILES string of the molecule is CCCCCCCCCCCCCC(=O)N/N=C\c1ccc(OC(=O)c2ccc(OCCCC)cc2)cc1. The van der Waals surface area contributed by atoms with E-state index in [0.717, 1.165) is 37.0 Å². The molecule has 0 saturated heterocycles. The van der Waals surface area contributed by atoms with Crippen LogP contribution in [-0.2, 0) is 4.79 Å². The zero-order valence-electron chi connectivity index (χ0n) is 23.4. The van der Waals surface area contributed by atoms with Crippen LogP contribution >= 0.6 is 0 Å². The Morgan fingerprint density at radius 1 is 0.711 bits per heavy atom. The summed E-state index contributed by atoms with van der Waals surface area (Å²) >= 11 is 0. The lowest BCUT2D eigenvalue weighted by Gasteiger charge is -2.07. The van der Waals surface area contributed by atoms with Crippen LogP contribution in [0.5, 0.6) is 11.5 Å². The number of hydrogen-bond donors (Lipinski definition) is 1. The normalized spacial score (nSPS) is 11.0. The first-order valence-electron chi connectivity index (χ1n) is 14.5. The van der Waals surface area contributed by atoms with E-state index in [-0.39, 0.29) is 5.91 Å².